The monoisotopic (exact) mass is 854 g/mol. The number of benzene rings is 4. The standard InChI is InChI=1S/C46H58N6O10/c1-35-4-9-41-44(30-35)60-22-16-52(43-11-7-39(33-46(43)62-29-24-55-3)48-47-38-6-8-40(49-54)37(32-38)34-53)17-23-61-45-31-36(2)5-10-42(45)51-14-20-58-27-25-56-18-12-50(41)13-19-57-26-28-59-21-15-51/h4-11,30-34H,12-29H2,1-3H3/b48-47+. The van der Waals surface area contributed by atoms with Crippen molar-refractivity contribution in [3.8, 4) is 17.2 Å². The summed E-state index contributed by atoms with van der Waals surface area (Å²) in [6.45, 7) is 12.9. The van der Waals surface area contributed by atoms with Crippen LogP contribution in [0.3, 0.4) is 0 Å². The Bertz CT molecular complexity index is 1970. The molecule has 0 atom stereocenters. The molecule has 0 aromatic heterocycles. The summed E-state index contributed by atoms with van der Waals surface area (Å²) >= 11 is 0. The third-order valence-corrected chi connectivity index (χ3v) is 10.3. The van der Waals surface area contributed by atoms with Crippen LogP contribution in [0.4, 0.5) is 34.1 Å². The number of fused-ring (bicyclic) bond motifs is 20. The van der Waals surface area contributed by atoms with Gasteiger partial charge in [0, 0.05) is 44.9 Å². The SMILES string of the molecule is COCCOc1cc(/N=N/c2ccc(N=O)c(C=O)c2)ccc1N1CCOc2cc(C)ccc2N2CCOCCOCCN(CCOCCOCC2)c2ccc(C)cc2OCC1. The fourth-order valence-electron chi connectivity index (χ4n) is 7.00. The molecule has 62 heavy (non-hydrogen) atoms. The Morgan fingerprint density at radius 3 is 1.53 bits per heavy atom. The van der Waals surface area contributed by atoms with Crippen LogP contribution in [-0.4, -0.2) is 132 Å². The summed E-state index contributed by atoms with van der Waals surface area (Å²) in [6.07, 6.45) is 0.566. The van der Waals surface area contributed by atoms with Crippen LogP contribution < -0.4 is 28.9 Å². The van der Waals surface area contributed by atoms with E-state index in [4.69, 9.17) is 37.9 Å². The zero-order valence-electron chi connectivity index (χ0n) is 36.0. The Morgan fingerprint density at radius 1 is 0.565 bits per heavy atom. The van der Waals surface area contributed by atoms with Crippen LogP contribution in [0.5, 0.6) is 17.2 Å². The van der Waals surface area contributed by atoms with Crippen LogP contribution in [0, 0.1) is 18.8 Å². The molecule has 4 aromatic carbocycles. The zero-order valence-corrected chi connectivity index (χ0v) is 36.0. The zero-order chi connectivity index (χ0) is 43.4. The fraction of sp³-hybridized carbons (Fsp3) is 0.457. The van der Waals surface area contributed by atoms with Crippen LogP contribution in [0.1, 0.15) is 21.5 Å². The molecule has 1 fully saturated rings. The van der Waals surface area contributed by atoms with Gasteiger partial charge >= 0.3 is 0 Å². The van der Waals surface area contributed by atoms with Gasteiger partial charge in [0.1, 0.15) is 42.8 Å². The Balaban J connectivity index is 1.35. The minimum atomic E-state index is 0.0383. The third-order valence-electron chi connectivity index (χ3n) is 10.3. The van der Waals surface area contributed by atoms with Gasteiger partial charge in [0.05, 0.1) is 101 Å². The van der Waals surface area contributed by atoms with Crippen molar-refractivity contribution in [2.45, 2.75) is 13.8 Å². The van der Waals surface area contributed by atoms with E-state index in [0.717, 1.165) is 39.7 Å². The van der Waals surface area contributed by atoms with Gasteiger partial charge in [-0.05, 0) is 84.7 Å². The van der Waals surface area contributed by atoms with Crippen molar-refractivity contribution in [1.82, 2.24) is 0 Å². The molecule has 0 N–H and O–H groups in total. The average Bonchev–Trinajstić information content (AvgIpc) is 3.28. The van der Waals surface area contributed by atoms with Crippen molar-refractivity contribution in [2.75, 3.05) is 140 Å². The predicted octanol–water partition coefficient (Wildman–Crippen LogP) is 7.63. The second-order valence-electron chi connectivity index (χ2n) is 14.7. The fourth-order valence-corrected chi connectivity index (χ4v) is 7.00. The number of azo groups is 1. The molecule has 16 nitrogen and oxygen atoms in total. The molecular weight excluding hydrogens is 797 g/mol. The minimum Gasteiger partial charge on any atom is -0.490 e. The molecule has 0 amide bonds. The van der Waals surface area contributed by atoms with E-state index < -0.39 is 0 Å². The van der Waals surface area contributed by atoms with Gasteiger partial charge < -0.3 is 52.6 Å². The van der Waals surface area contributed by atoms with Gasteiger partial charge in [-0.25, -0.2) is 0 Å². The number of carbonyl (C=O) groups is 1. The maximum atomic E-state index is 11.5. The summed E-state index contributed by atoms with van der Waals surface area (Å²) in [5.41, 5.74) is 5.94. The van der Waals surface area contributed by atoms with Crippen LogP contribution in [-0.2, 0) is 23.7 Å². The van der Waals surface area contributed by atoms with Gasteiger partial charge in [-0.1, -0.05) is 12.1 Å². The number of rotatable bonds is 9. The lowest BCUT2D eigenvalue weighted by Crippen LogP contribution is -2.34. The molecule has 3 aliphatic heterocycles. The molecule has 3 heterocycles. The lowest BCUT2D eigenvalue weighted by atomic mass is 10.2. The quantitative estimate of drug-likeness (QED) is 0.0534. The number of methoxy groups -OCH3 is 1. The number of aldehydes is 1. The van der Waals surface area contributed by atoms with Crippen molar-refractivity contribution >= 4 is 40.4 Å². The molecule has 7 rings (SSSR count). The molecular formula is C46H58N6O10. The van der Waals surface area contributed by atoms with Gasteiger partial charge in [-0.3, -0.25) is 4.79 Å². The normalized spacial score (nSPS) is 16.7. The van der Waals surface area contributed by atoms with Gasteiger partial charge in [-0.2, -0.15) is 10.2 Å². The van der Waals surface area contributed by atoms with E-state index in [9.17, 15) is 9.70 Å². The number of nitrogens with zero attached hydrogens (tertiary/aromatic N) is 6. The Kier molecular flexibility index (Phi) is 18.3. The summed E-state index contributed by atoms with van der Waals surface area (Å²) in [5, 5.41) is 11.7. The van der Waals surface area contributed by atoms with Crippen molar-refractivity contribution in [3.63, 3.8) is 0 Å². The van der Waals surface area contributed by atoms with E-state index in [0.29, 0.717) is 142 Å². The molecule has 3 aliphatic rings. The van der Waals surface area contributed by atoms with Crippen molar-refractivity contribution in [3.05, 3.63) is 94.4 Å². The second kappa shape index (κ2) is 24.7. The molecule has 0 spiro atoms. The number of aryl methyl sites for hydroxylation is 2. The molecule has 0 unspecified atom stereocenters. The highest BCUT2D eigenvalue weighted by atomic mass is 16.5. The summed E-state index contributed by atoms with van der Waals surface area (Å²) in [6, 6.07) is 22.6. The number of ether oxygens (including phenoxy) is 8. The molecule has 4 aromatic rings. The van der Waals surface area contributed by atoms with E-state index in [-0.39, 0.29) is 11.3 Å². The van der Waals surface area contributed by atoms with Gasteiger partial charge in [-0.15, -0.1) is 4.91 Å². The van der Waals surface area contributed by atoms with E-state index in [1.165, 1.54) is 12.1 Å². The van der Waals surface area contributed by atoms with E-state index in [1.807, 2.05) is 18.2 Å². The highest BCUT2D eigenvalue weighted by Gasteiger charge is 2.20. The van der Waals surface area contributed by atoms with Gasteiger partial charge in [0.15, 0.2) is 6.29 Å². The maximum Gasteiger partial charge on any atom is 0.152 e. The molecule has 2 bridgehead atoms. The van der Waals surface area contributed by atoms with E-state index in [2.05, 4.69) is 80.4 Å². The third kappa shape index (κ3) is 13.7. The first-order valence-electron chi connectivity index (χ1n) is 21.1. The summed E-state index contributed by atoms with van der Waals surface area (Å²) < 4.78 is 49.3. The average molecular weight is 855 g/mol. The van der Waals surface area contributed by atoms with Crippen LogP contribution in [0.2, 0.25) is 0 Å². The smallest absolute Gasteiger partial charge is 0.152 e. The highest BCUT2D eigenvalue weighted by Crippen LogP contribution is 2.36. The number of nitroso groups, excluding NO2 is 1. The predicted molar refractivity (Wildman–Crippen MR) is 239 cm³/mol. The number of hydrogen-bond acceptors (Lipinski definition) is 16. The summed E-state index contributed by atoms with van der Waals surface area (Å²) in [5.74, 6) is 2.08. The molecule has 332 valence electrons. The van der Waals surface area contributed by atoms with Gasteiger partial charge in [0.25, 0.3) is 0 Å². The maximum absolute atomic E-state index is 11.5. The van der Waals surface area contributed by atoms with Crippen LogP contribution in [0.25, 0.3) is 0 Å². The summed E-state index contributed by atoms with van der Waals surface area (Å²) in [4.78, 5) is 29.3. The topological polar surface area (TPSA) is 155 Å². The first kappa shape index (κ1) is 45.9. The molecule has 0 radical (unpaired) electrons. The van der Waals surface area contributed by atoms with Crippen molar-refractivity contribution in [1.29, 1.82) is 0 Å². The molecule has 0 aliphatic carbocycles. The Morgan fingerprint density at radius 2 is 1.03 bits per heavy atom. The second-order valence-corrected chi connectivity index (χ2v) is 14.7. The Labute approximate surface area is 363 Å². The van der Waals surface area contributed by atoms with Crippen LogP contribution >= 0.6 is 0 Å². The molecule has 1 saturated heterocycles. The lowest BCUT2D eigenvalue weighted by Gasteiger charge is -2.29. The highest BCUT2D eigenvalue weighted by molar-refractivity contribution is 5.84. The molecule has 0 saturated carbocycles. The van der Waals surface area contributed by atoms with Crippen LogP contribution in [0.15, 0.2) is 88.2 Å². The van der Waals surface area contributed by atoms with Gasteiger partial charge in [0.2, 0.25) is 0 Å². The van der Waals surface area contributed by atoms with Crippen molar-refractivity contribution < 1.29 is 42.7 Å². The largest absolute Gasteiger partial charge is 0.490 e. The molecule has 16 heteroatoms. The van der Waals surface area contributed by atoms with E-state index in [1.54, 1.807) is 13.2 Å². The number of hydrogen-bond donors (Lipinski definition) is 0. The first-order valence-corrected chi connectivity index (χ1v) is 21.1. The lowest BCUT2D eigenvalue weighted by molar-refractivity contribution is 0.0435. The first-order chi connectivity index (χ1) is 30.4. The Hall–Kier alpha value is -5.65. The van der Waals surface area contributed by atoms with E-state index >= 15 is 0 Å². The minimum absolute atomic E-state index is 0.0383. The number of anilines is 3. The summed E-state index contributed by atoms with van der Waals surface area (Å²) in [7, 11) is 1.62. The van der Waals surface area contributed by atoms with Crippen molar-refractivity contribution in [2.24, 2.45) is 15.4 Å². The number of carbonyl (C=O) groups excluding carboxylic acids is 1.